The molecule has 1 aromatic carbocycles. The van der Waals surface area contributed by atoms with Crippen LogP contribution < -0.4 is 5.73 Å². The second-order valence-corrected chi connectivity index (χ2v) is 5.51. The first-order chi connectivity index (χ1) is 10.6. The van der Waals surface area contributed by atoms with Gasteiger partial charge < -0.3 is 5.73 Å². The van der Waals surface area contributed by atoms with Crippen molar-refractivity contribution in [1.29, 1.82) is 0 Å². The Hall–Kier alpha value is -2.28. The van der Waals surface area contributed by atoms with Gasteiger partial charge in [-0.3, -0.25) is 14.4 Å². The molecule has 1 amide bonds. The highest BCUT2D eigenvalue weighted by Gasteiger charge is 2.35. The molecule has 6 nitrogen and oxygen atoms in total. The number of likely N-dealkylation sites (tertiary alicyclic amines) is 1. The largest absolute Gasteiger partial charge is 0.368 e. The van der Waals surface area contributed by atoms with Crippen LogP contribution in [0.1, 0.15) is 24.4 Å². The van der Waals surface area contributed by atoms with Gasteiger partial charge in [0.15, 0.2) is 0 Å². The molecule has 2 aromatic rings. The van der Waals surface area contributed by atoms with Crippen molar-refractivity contribution in [1.82, 2.24) is 19.7 Å². The molecule has 1 aliphatic heterocycles. The summed E-state index contributed by atoms with van der Waals surface area (Å²) in [4.78, 5) is 18.0. The fraction of sp³-hybridized carbons (Fsp3) is 0.400. The van der Waals surface area contributed by atoms with Gasteiger partial charge in [-0.2, -0.15) is 5.10 Å². The number of hydrogen-bond acceptors (Lipinski definition) is 4. The molecule has 2 atom stereocenters. The second-order valence-electron chi connectivity index (χ2n) is 5.51. The summed E-state index contributed by atoms with van der Waals surface area (Å²) in [5, 5.41) is 4.12. The molecule has 0 saturated carbocycles. The van der Waals surface area contributed by atoms with E-state index < -0.39 is 11.9 Å². The maximum Gasteiger partial charge on any atom is 0.239 e. The number of rotatable bonds is 5. The van der Waals surface area contributed by atoms with E-state index in [1.54, 1.807) is 23.1 Å². The Labute approximate surface area is 127 Å². The summed E-state index contributed by atoms with van der Waals surface area (Å²) in [5.41, 5.74) is 6.33. The molecule has 1 aromatic heterocycles. The summed E-state index contributed by atoms with van der Waals surface area (Å²) in [7, 11) is 0. The van der Waals surface area contributed by atoms with Gasteiger partial charge in [0.05, 0.1) is 6.54 Å². The Morgan fingerprint density at radius 3 is 2.82 bits per heavy atom. The highest BCUT2D eigenvalue weighted by molar-refractivity contribution is 5.81. The number of carbonyl (C=O) groups excluding carboxylic acids is 1. The Kier molecular flexibility index (Phi) is 4.15. The van der Waals surface area contributed by atoms with Crippen LogP contribution in [0.3, 0.4) is 0 Å². The zero-order valence-corrected chi connectivity index (χ0v) is 12.1. The summed E-state index contributed by atoms with van der Waals surface area (Å²) in [6.07, 6.45) is 5.10. The highest BCUT2D eigenvalue weighted by atomic mass is 19.1. The van der Waals surface area contributed by atoms with Gasteiger partial charge in [-0.1, -0.05) is 12.1 Å². The van der Waals surface area contributed by atoms with E-state index in [-0.39, 0.29) is 11.9 Å². The molecule has 2 heterocycles. The average molecular weight is 303 g/mol. The third-order valence-corrected chi connectivity index (χ3v) is 4.07. The van der Waals surface area contributed by atoms with Crippen LogP contribution in [0.2, 0.25) is 0 Å². The van der Waals surface area contributed by atoms with Gasteiger partial charge >= 0.3 is 0 Å². The minimum atomic E-state index is -0.545. The number of aromatic nitrogens is 3. The van der Waals surface area contributed by atoms with Gasteiger partial charge in [0, 0.05) is 6.04 Å². The van der Waals surface area contributed by atoms with E-state index in [0.29, 0.717) is 6.54 Å². The van der Waals surface area contributed by atoms with Gasteiger partial charge in [-0.25, -0.2) is 9.37 Å². The lowest BCUT2D eigenvalue weighted by Crippen LogP contribution is -2.42. The number of nitrogens with two attached hydrogens (primary N) is 1. The van der Waals surface area contributed by atoms with Gasteiger partial charge in [-0.05, 0) is 37.1 Å². The first kappa shape index (κ1) is 14.6. The number of amides is 1. The molecule has 1 fully saturated rings. The highest BCUT2D eigenvalue weighted by Crippen LogP contribution is 2.30. The number of halogens is 1. The average Bonchev–Trinajstić information content (AvgIpc) is 3.14. The topological polar surface area (TPSA) is 77.0 Å². The molecule has 7 heteroatoms. The van der Waals surface area contributed by atoms with E-state index in [2.05, 4.69) is 15.0 Å². The summed E-state index contributed by atoms with van der Waals surface area (Å²) in [6.45, 7) is 1.44. The van der Waals surface area contributed by atoms with Gasteiger partial charge in [0.25, 0.3) is 0 Å². The first-order valence-corrected chi connectivity index (χ1v) is 7.28. The molecule has 0 bridgehead atoms. The number of benzene rings is 1. The third kappa shape index (κ3) is 2.99. The Morgan fingerprint density at radius 2 is 2.18 bits per heavy atom. The van der Waals surface area contributed by atoms with Gasteiger partial charge in [0.1, 0.15) is 24.5 Å². The van der Waals surface area contributed by atoms with Crippen molar-refractivity contribution < 1.29 is 9.18 Å². The SMILES string of the molecule is NC(=O)[C@@H](c1ccc(F)cc1)N1CCC[C@@H]1Cn1cncn1. The van der Waals surface area contributed by atoms with E-state index >= 15 is 0 Å². The summed E-state index contributed by atoms with van der Waals surface area (Å²) in [5.74, 6) is -0.746. The number of primary amides is 1. The second kappa shape index (κ2) is 6.23. The minimum absolute atomic E-state index is 0.157. The van der Waals surface area contributed by atoms with E-state index in [0.717, 1.165) is 24.9 Å². The van der Waals surface area contributed by atoms with E-state index in [4.69, 9.17) is 5.73 Å². The van der Waals surface area contributed by atoms with Crippen LogP contribution in [-0.4, -0.2) is 38.2 Å². The van der Waals surface area contributed by atoms with Crippen molar-refractivity contribution in [3.05, 3.63) is 48.3 Å². The minimum Gasteiger partial charge on any atom is -0.368 e. The van der Waals surface area contributed by atoms with E-state index in [1.165, 1.54) is 18.5 Å². The van der Waals surface area contributed by atoms with Crippen molar-refractivity contribution >= 4 is 5.91 Å². The quantitative estimate of drug-likeness (QED) is 0.897. The lowest BCUT2D eigenvalue weighted by Gasteiger charge is -2.31. The molecular formula is C15H18FN5O. The van der Waals surface area contributed by atoms with Crippen LogP contribution in [-0.2, 0) is 11.3 Å². The molecule has 22 heavy (non-hydrogen) atoms. The molecule has 1 aliphatic rings. The first-order valence-electron chi connectivity index (χ1n) is 7.28. The lowest BCUT2D eigenvalue weighted by atomic mass is 10.0. The smallest absolute Gasteiger partial charge is 0.239 e. The zero-order valence-electron chi connectivity index (χ0n) is 12.1. The molecule has 116 valence electrons. The summed E-state index contributed by atoms with van der Waals surface area (Å²) < 4.78 is 14.9. The zero-order chi connectivity index (χ0) is 15.5. The number of nitrogens with zero attached hydrogens (tertiary/aromatic N) is 4. The van der Waals surface area contributed by atoms with Crippen LogP contribution in [0.15, 0.2) is 36.9 Å². The van der Waals surface area contributed by atoms with Crippen LogP contribution >= 0.6 is 0 Å². The third-order valence-electron chi connectivity index (χ3n) is 4.07. The number of carbonyl (C=O) groups is 1. The van der Waals surface area contributed by atoms with Crippen molar-refractivity contribution in [2.75, 3.05) is 6.54 Å². The van der Waals surface area contributed by atoms with Crippen LogP contribution in [0, 0.1) is 5.82 Å². The molecule has 0 aliphatic carbocycles. The van der Waals surface area contributed by atoms with Crippen LogP contribution in [0.25, 0.3) is 0 Å². The molecule has 3 rings (SSSR count). The molecule has 0 spiro atoms. The standard InChI is InChI=1S/C15H18FN5O/c16-12-5-3-11(4-6-12)14(15(17)22)21-7-1-2-13(21)8-20-10-18-9-19-20/h3-6,9-10,13-14H,1-2,7-8H2,(H2,17,22)/t13-,14-/m1/s1. The Bertz CT molecular complexity index is 628. The predicted octanol–water partition coefficient (Wildman–Crippen LogP) is 1.11. The fourth-order valence-electron chi connectivity index (χ4n) is 3.10. The summed E-state index contributed by atoms with van der Waals surface area (Å²) in [6, 6.07) is 5.56. The maximum absolute atomic E-state index is 13.1. The van der Waals surface area contributed by atoms with E-state index in [1.807, 2.05) is 0 Å². The van der Waals surface area contributed by atoms with Crippen molar-refractivity contribution in [2.45, 2.75) is 31.5 Å². The molecule has 2 N–H and O–H groups in total. The number of hydrogen-bond donors (Lipinski definition) is 1. The van der Waals surface area contributed by atoms with E-state index in [9.17, 15) is 9.18 Å². The monoisotopic (exact) mass is 303 g/mol. The Morgan fingerprint density at radius 1 is 1.41 bits per heavy atom. The predicted molar refractivity (Wildman–Crippen MR) is 78.1 cm³/mol. The summed E-state index contributed by atoms with van der Waals surface area (Å²) >= 11 is 0. The molecule has 0 radical (unpaired) electrons. The molecule has 1 saturated heterocycles. The normalized spacial score (nSPS) is 20.1. The molecule has 0 unspecified atom stereocenters. The van der Waals surface area contributed by atoms with Crippen LogP contribution in [0.4, 0.5) is 4.39 Å². The fourth-order valence-corrected chi connectivity index (χ4v) is 3.10. The van der Waals surface area contributed by atoms with Crippen molar-refractivity contribution in [2.24, 2.45) is 5.73 Å². The van der Waals surface area contributed by atoms with Gasteiger partial charge in [-0.15, -0.1) is 0 Å². The Balaban J connectivity index is 1.83. The van der Waals surface area contributed by atoms with Crippen molar-refractivity contribution in [3.8, 4) is 0 Å². The van der Waals surface area contributed by atoms with Gasteiger partial charge in [0.2, 0.25) is 5.91 Å². The molecular weight excluding hydrogens is 285 g/mol. The maximum atomic E-state index is 13.1. The van der Waals surface area contributed by atoms with Crippen molar-refractivity contribution in [3.63, 3.8) is 0 Å². The lowest BCUT2D eigenvalue weighted by molar-refractivity contribution is -0.124. The van der Waals surface area contributed by atoms with Crippen LogP contribution in [0.5, 0.6) is 0 Å².